The first-order chi connectivity index (χ1) is 13.9. The largest absolute Gasteiger partial charge is 0.528 e. The van der Waals surface area contributed by atoms with Crippen LogP contribution in [0.3, 0.4) is 0 Å². The van der Waals surface area contributed by atoms with E-state index in [0.717, 1.165) is 18.2 Å². The van der Waals surface area contributed by atoms with E-state index in [1.807, 2.05) is 0 Å². The number of hydroxylamine groups is 2. The lowest BCUT2D eigenvalue weighted by molar-refractivity contribution is -0.151. The molecule has 1 aliphatic heterocycles. The molecule has 1 saturated heterocycles. The van der Waals surface area contributed by atoms with Crippen molar-refractivity contribution in [2.24, 2.45) is 0 Å². The van der Waals surface area contributed by atoms with Gasteiger partial charge in [0, 0.05) is 38.1 Å². The van der Waals surface area contributed by atoms with Crippen LogP contribution in [0.1, 0.15) is 26.7 Å². The van der Waals surface area contributed by atoms with Gasteiger partial charge in [0.1, 0.15) is 29.9 Å². The fourth-order valence-corrected chi connectivity index (χ4v) is 2.73. The molecule has 0 spiro atoms. The summed E-state index contributed by atoms with van der Waals surface area (Å²) >= 11 is 0. The first-order valence-electron chi connectivity index (χ1n) is 9.23. The highest BCUT2D eigenvalue weighted by atomic mass is 19.1. The van der Waals surface area contributed by atoms with Crippen molar-refractivity contribution in [2.75, 3.05) is 18.4 Å². The van der Waals surface area contributed by atoms with Gasteiger partial charge in [-0.15, -0.1) is 5.06 Å². The summed E-state index contributed by atoms with van der Waals surface area (Å²) in [5, 5.41) is 4.24. The average molecular weight is 408 g/mol. The lowest BCUT2D eigenvalue weighted by atomic mass is 10.1. The second kappa shape index (κ2) is 9.46. The molecule has 29 heavy (non-hydrogen) atoms. The van der Waals surface area contributed by atoms with Crippen LogP contribution in [0.15, 0.2) is 30.6 Å². The standard InChI is InChI=1S/C19H22F2N4O4/c1-12(2)27-19(26)29-25-7-5-14(6-8-25)28-18-10-17(22-11-23-18)24-16-9-13(20)3-4-15(16)21/h3-4,9-12,14H,5-8H2,1-2H3,(H,22,23,24). The number of rotatable bonds is 6. The predicted octanol–water partition coefficient (Wildman–Crippen LogP) is 3.82. The van der Waals surface area contributed by atoms with Crippen LogP contribution in [0.2, 0.25) is 0 Å². The van der Waals surface area contributed by atoms with Crippen LogP contribution in [0.4, 0.5) is 25.1 Å². The zero-order valence-electron chi connectivity index (χ0n) is 16.1. The second-order valence-corrected chi connectivity index (χ2v) is 6.74. The van der Waals surface area contributed by atoms with Crippen LogP contribution in [0.25, 0.3) is 0 Å². The number of hydrogen-bond donors (Lipinski definition) is 1. The molecular weight excluding hydrogens is 386 g/mol. The van der Waals surface area contributed by atoms with E-state index in [2.05, 4.69) is 15.3 Å². The van der Waals surface area contributed by atoms with Crippen molar-refractivity contribution < 1.29 is 27.9 Å². The van der Waals surface area contributed by atoms with Gasteiger partial charge in [0.05, 0.1) is 11.8 Å². The highest BCUT2D eigenvalue weighted by molar-refractivity contribution is 5.59. The molecule has 0 radical (unpaired) electrons. The maximum Gasteiger partial charge on any atom is 0.528 e. The van der Waals surface area contributed by atoms with Crippen molar-refractivity contribution in [1.82, 2.24) is 15.0 Å². The molecule has 2 aromatic rings. The summed E-state index contributed by atoms with van der Waals surface area (Å²) in [5.74, 6) is -0.587. The Morgan fingerprint density at radius 2 is 1.97 bits per heavy atom. The lowest BCUT2D eigenvalue weighted by Crippen LogP contribution is -2.40. The summed E-state index contributed by atoms with van der Waals surface area (Å²) in [4.78, 5) is 24.7. The molecule has 0 atom stereocenters. The zero-order valence-corrected chi connectivity index (χ0v) is 16.1. The van der Waals surface area contributed by atoms with Crippen LogP contribution in [-0.4, -0.2) is 46.5 Å². The monoisotopic (exact) mass is 408 g/mol. The van der Waals surface area contributed by atoms with Gasteiger partial charge in [-0.2, -0.15) is 0 Å². The van der Waals surface area contributed by atoms with Crippen molar-refractivity contribution in [1.29, 1.82) is 0 Å². The van der Waals surface area contributed by atoms with Crippen molar-refractivity contribution in [3.05, 3.63) is 42.2 Å². The fraction of sp³-hybridized carbons (Fsp3) is 0.421. The molecule has 8 nitrogen and oxygen atoms in total. The van der Waals surface area contributed by atoms with E-state index in [1.54, 1.807) is 13.8 Å². The maximum absolute atomic E-state index is 13.8. The summed E-state index contributed by atoms with van der Waals surface area (Å²) < 4.78 is 37.9. The molecule has 0 bridgehead atoms. The number of benzene rings is 1. The number of ether oxygens (including phenoxy) is 2. The number of aromatic nitrogens is 2. The average Bonchev–Trinajstić information content (AvgIpc) is 2.66. The van der Waals surface area contributed by atoms with Crippen LogP contribution >= 0.6 is 0 Å². The molecule has 1 fully saturated rings. The number of carbonyl (C=O) groups is 1. The second-order valence-electron chi connectivity index (χ2n) is 6.74. The molecule has 156 valence electrons. The zero-order chi connectivity index (χ0) is 20.8. The predicted molar refractivity (Wildman–Crippen MR) is 99.6 cm³/mol. The van der Waals surface area contributed by atoms with Crippen LogP contribution < -0.4 is 10.1 Å². The Morgan fingerprint density at radius 3 is 2.69 bits per heavy atom. The van der Waals surface area contributed by atoms with Gasteiger partial charge in [-0.1, -0.05) is 0 Å². The first-order valence-corrected chi connectivity index (χ1v) is 9.23. The molecule has 1 N–H and O–H groups in total. The van der Waals surface area contributed by atoms with Gasteiger partial charge in [-0.3, -0.25) is 0 Å². The molecule has 0 aliphatic carbocycles. The normalized spacial score (nSPS) is 15.2. The highest BCUT2D eigenvalue weighted by Crippen LogP contribution is 2.23. The van der Waals surface area contributed by atoms with Gasteiger partial charge in [0.15, 0.2) is 0 Å². The topological polar surface area (TPSA) is 85.8 Å². The van der Waals surface area contributed by atoms with Crippen molar-refractivity contribution >= 4 is 17.7 Å². The van der Waals surface area contributed by atoms with E-state index in [4.69, 9.17) is 14.3 Å². The third-order valence-electron chi connectivity index (χ3n) is 4.06. The molecule has 1 aliphatic rings. The molecule has 1 aromatic carbocycles. The molecule has 10 heteroatoms. The van der Waals surface area contributed by atoms with E-state index in [0.29, 0.717) is 31.8 Å². The number of nitrogens with one attached hydrogen (secondary N) is 1. The molecule has 0 amide bonds. The number of piperidine rings is 1. The van der Waals surface area contributed by atoms with Gasteiger partial charge < -0.3 is 19.6 Å². The SMILES string of the molecule is CC(C)OC(=O)ON1CCC(Oc2cc(Nc3cc(F)ccc3F)ncn2)CC1. The van der Waals surface area contributed by atoms with Gasteiger partial charge in [-0.05, 0) is 26.0 Å². The van der Waals surface area contributed by atoms with E-state index in [-0.39, 0.29) is 23.7 Å². The molecule has 0 unspecified atom stereocenters. The Labute approximate surface area is 166 Å². The van der Waals surface area contributed by atoms with Crippen LogP contribution in [0, 0.1) is 11.6 Å². The molecular formula is C19H22F2N4O4. The van der Waals surface area contributed by atoms with E-state index in [9.17, 15) is 13.6 Å². The van der Waals surface area contributed by atoms with Gasteiger partial charge in [0.2, 0.25) is 5.88 Å². The molecule has 3 rings (SSSR count). The van der Waals surface area contributed by atoms with Gasteiger partial charge in [0.25, 0.3) is 0 Å². The number of anilines is 2. The lowest BCUT2D eigenvalue weighted by Gasteiger charge is -2.30. The minimum atomic E-state index is -0.726. The Bertz CT molecular complexity index is 845. The highest BCUT2D eigenvalue weighted by Gasteiger charge is 2.24. The van der Waals surface area contributed by atoms with Crippen LogP contribution in [-0.2, 0) is 9.57 Å². The van der Waals surface area contributed by atoms with Gasteiger partial charge in [-0.25, -0.2) is 23.5 Å². The van der Waals surface area contributed by atoms with Gasteiger partial charge >= 0.3 is 6.16 Å². The molecule has 2 heterocycles. The van der Waals surface area contributed by atoms with E-state index >= 15 is 0 Å². The van der Waals surface area contributed by atoms with E-state index in [1.165, 1.54) is 17.5 Å². The summed E-state index contributed by atoms with van der Waals surface area (Å²) in [5.41, 5.74) is -0.0339. The Hall–Kier alpha value is -3.01. The third-order valence-corrected chi connectivity index (χ3v) is 4.06. The summed E-state index contributed by atoms with van der Waals surface area (Å²) in [6.45, 7) is 4.47. The molecule has 0 saturated carbocycles. The number of carbonyl (C=O) groups excluding carboxylic acids is 1. The van der Waals surface area contributed by atoms with E-state index < -0.39 is 17.8 Å². The Balaban J connectivity index is 1.52. The minimum absolute atomic E-state index is 0.0339. The summed E-state index contributed by atoms with van der Waals surface area (Å²) in [6, 6.07) is 4.61. The first kappa shape index (κ1) is 20.7. The van der Waals surface area contributed by atoms with Crippen molar-refractivity contribution in [3.8, 4) is 5.88 Å². The Kier molecular flexibility index (Phi) is 6.76. The number of halogens is 2. The maximum atomic E-state index is 13.8. The smallest absolute Gasteiger partial charge is 0.474 e. The number of nitrogens with zero attached hydrogens (tertiary/aromatic N) is 3. The fourth-order valence-electron chi connectivity index (χ4n) is 2.73. The third kappa shape index (κ3) is 6.24. The summed E-state index contributed by atoms with van der Waals surface area (Å²) in [7, 11) is 0. The van der Waals surface area contributed by atoms with Crippen LogP contribution in [0.5, 0.6) is 5.88 Å². The van der Waals surface area contributed by atoms with Crippen molar-refractivity contribution in [2.45, 2.75) is 38.9 Å². The number of hydrogen-bond acceptors (Lipinski definition) is 8. The quantitative estimate of drug-likeness (QED) is 0.722. The Morgan fingerprint density at radius 1 is 1.21 bits per heavy atom. The molecule has 1 aromatic heterocycles. The summed E-state index contributed by atoms with van der Waals surface area (Å²) in [6.07, 6.45) is 1.39. The van der Waals surface area contributed by atoms with Crippen molar-refractivity contribution in [3.63, 3.8) is 0 Å². The minimum Gasteiger partial charge on any atom is -0.474 e.